The first kappa shape index (κ1) is 13.9. The number of hydrogen-bond acceptors (Lipinski definition) is 3. The number of carbonyl (C=O) groups excluding carboxylic acids is 1. The van der Waals surface area contributed by atoms with E-state index in [0.29, 0.717) is 6.42 Å². The van der Waals surface area contributed by atoms with Crippen molar-refractivity contribution >= 4 is 11.6 Å². The van der Waals surface area contributed by atoms with Gasteiger partial charge in [0.25, 0.3) is 0 Å². The van der Waals surface area contributed by atoms with Crippen LogP contribution in [0.5, 0.6) is 0 Å². The zero-order valence-corrected chi connectivity index (χ0v) is 12.4. The highest BCUT2D eigenvalue weighted by Crippen LogP contribution is 2.31. The molecule has 1 aromatic carbocycles. The van der Waals surface area contributed by atoms with Crippen LogP contribution >= 0.6 is 0 Å². The van der Waals surface area contributed by atoms with Gasteiger partial charge in [-0.15, -0.1) is 0 Å². The predicted octanol–water partition coefficient (Wildman–Crippen LogP) is 2.80. The zero-order valence-electron chi connectivity index (χ0n) is 12.4. The van der Waals surface area contributed by atoms with Crippen molar-refractivity contribution in [1.29, 1.82) is 0 Å². The molecular formula is C17H20N2O2. The minimum atomic E-state index is -0.265. The summed E-state index contributed by atoms with van der Waals surface area (Å²) in [5.41, 5.74) is 9.48. The highest BCUT2D eigenvalue weighted by atomic mass is 16.3. The molecule has 1 aliphatic rings. The molecule has 2 N–H and O–H groups in total. The highest BCUT2D eigenvalue weighted by molar-refractivity contribution is 5.95. The van der Waals surface area contributed by atoms with Crippen molar-refractivity contribution in [1.82, 2.24) is 0 Å². The molecule has 1 aromatic heterocycles. The second-order valence-corrected chi connectivity index (χ2v) is 5.48. The van der Waals surface area contributed by atoms with Crippen LogP contribution in [-0.4, -0.2) is 13.0 Å². The van der Waals surface area contributed by atoms with E-state index in [-0.39, 0.29) is 11.9 Å². The third kappa shape index (κ3) is 2.47. The lowest BCUT2D eigenvalue weighted by atomic mass is 9.96. The smallest absolute Gasteiger partial charge is 0.227 e. The molecule has 2 aromatic rings. The Kier molecular flexibility index (Phi) is 3.55. The molecule has 0 spiro atoms. The molecule has 1 aliphatic heterocycles. The Morgan fingerprint density at radius 1 is 1.29 bits per heavy atom. The van der Waals surface area contributed by atoms with Crippen molar-refractivity contribution in [2.45, 2.75) is 32.2 Å². The maximum Gasteiger partial charge on any atom is 0.227 e. The molecule has 1 amide bonds. The van der Waals surface area contributed by atoms with Crippen LogP contribution in [0.4, 0.5) is 5.69 Å². The van der Waals surface area contributed by atoms with Crippen LogP contribution in [0.1, 0.15) is 42.0 Å². The lowest BCUT2D eigenvalue weighted by Crippen LogP contribution is -2.31. The second-order valence-electron chi connectivity index (χ2n) is 5.48. The molecule has 3 rings (SSSR count). The van der Waals surface area contributed by atoms with E-state index in [4.69, 9.17) is 10.2 Å². The van der Waals surface area contributed by atoms with E-state index in [2.05, 4.69) is 13.0 Å². The molecule has 21 heavy (non-hydrogen) atoms. The van der Waals surface area contributed by atoms with Gasteiger partial charge in [-0.05, 0) is 35.7 Å². The Morgan fingerprint density at radius 3 is 2.81 bits per heavy atom. The van der Waals surface area contributed by atoms with Crippen LogP contribution in [0.25, 0.3) is 0 Å². The summed E-state index contributed by atoms with van der Waals surface area (Å²) < 4.78 is 5.74. The molecule has 0 saturated heterocycles. The van der Waals surface area contributed by atoms with Gasteiger partial charge in [-0.25, -0.2) is 0 Å². The van der Waals surface area contributed by atoms with Gasteiger partial charge in [-0.3, -0.25) is 4.79 Å². The van der Waals surface area contributed by atoms with Crippen molar-refractivity contribution in [2.24, 2.45) is 5.73 Å². The van der Waals surface area contributed by atoms with E-state index in [0.717, 1.165) is 35.6 Å². The fourth-order valence-electron chi connectivity index (χ4n) is 2.79. The summed E-state index contributed by atoms with van der Waals surface area (Å²) in [7, 11) is 1.82. The standard InChI is InChI=1S/C17H20N2O2/c1-3-13-6-8-15(21-13)17(18)12-4-7-14-11(10-12)5-9-16(20)19(14)2/h4,6-8,10,17H,3,5,9,18H2,1-2H3. The molecule has 0 aliphatic carbocycles. The van der Waals surface area contributed by atoms with E-state index >= 15 is 0 Å². The summed E-state index contributed by atoms with van der Waals surface area (Å²) in [4.78, 5) is 13.4. The fraction of sp³-hybridized carbons (Fsp3) is 0.353. The van der Waals surface area contributed by atoms with Crippen LogP contribution in [0.2, 0.25) is 0 Å². The van der Waals surface area contributed by atoms with Crippen molar-refractivity contribution in [3.63, 3.8) is 0 Å². The highest BCUT2D eigenvalue weighted by Gasteiger charge is 2.22. The first-order chi connectivity index (χ1) is 10.1. The summed E-state index contributed by atoms with van der Waals surface area (Å²) in [6.07, 6.45) is 2.20. The molecule has 1 atom stereocenters. The van der Waals surface area contributed by atoms with E-state index in [1.165, 1.54) is 5.56 Å². The molecule has 0 saturated carbocycles. The van der Waals surface area contributed by atoms with Crippen LogP contribution in [0.3, 0.4) is 0 Å². The molecular weight excluding hydrogens is 264 g/mol. The Hall–Kier alpha value is -2.07. The lowest BCUT2D eigenvalue weighted by molar-refractivity contribution is -0.118. The third-order valence-corrected chi connectivity index (χ3v) is 4.14. The number of nitrogens with zero attached hydrogens (tertiary/aromatic N) is 1. The van der Waals surface area contributed by atoms with Crippen LogP contribution < -0.4 is 10.6 Å². The molecule has 0 fully saturated rings. The normalized spacial score (nSPS) is 16.0. The Labute approximate surface area is 124 Å². The largest absolute Gasteiger partial charge is 0.464 e. The zero-order chi connectivity index (χ0) is 15.0. The number of fused-ring (bicyclic) bond motifs is 1. The van der Waals surface area contributed by atoms with Gasteiger partial charge in [-0.1, -0.05) is 19.1 Å². The quantitative estimate of drug-likeness (QED) is 0.942. The molecule has 0 bridgehead atoms. The van der Waals surface area contributed by atoms with Crippen molar-refractivity contribution in [2.75, 3.05) is 11.9 Å². The fourth-order valence-corrected chi connectivity index (χ4v) is 2.79. The summed E-state index contributed by atoms with van der Waals surface area (Å²) in [6.45, 7) is 2.06. The number of nitrogens with two attached hydrogens (primary N) is 1. The van der Waals surface area contributed by atoms with E-state index in [9.17, 15) is 4.79 Å². The van der Waals surface area contributed by atoms with Gasteiger partial charge >= 0.3 is 0 Å². The predicted molar refractivity (Wildman–Crippen MR) is 82.3 cm³/mol. The second kappa shape index (κ2) is 5.37. The van der Waals surface area contributed by atoms with Gasteiger partial charge in [-0.2, -0.15) is 0 Å². The van der Waals surface area contributed by atoms with Crippen molar-refractivity contribution < 1.29 is 9.21 Å². The Balaban J connectivity index is 1.91. The molecule has 4 heteroatoms. The molecule has 0 radical (unpaired) electrons. The van der Waals surface area contributed by atoms with Gasteiger partial charge < -0.3 is 15.1 Å². The molecule has 2 heterocycles. The Bertz CT molecular complexity index is 675. The lowest BCUT2D eigenvalue weighted by Gasteiger charge is -2.26. The van der Waals surface area contributed by atoms with Gasteiger partial charge in [0, 0.05) is 25.6 Å². The van der Waals surface area contributed by atoms with Crippen molar-refractivity contribution in [3.8, 4) is 0 Å². The molecule has 1 unspecified atom stereocenters. The maximum absolute atomic E-state index is 11.7. The third-order valence-electron chi connectivity index (χ3n) is 4.14. The maximum atomic E-state index is 11.7. The monoisotopic (exact) mass is 284 g/mol. The molecule has 110 valence electrons. The van der Waals surface area contributed by atoms with Crippen LogP contribution in [0, 0.1) is 0 Å². The number of amides is 1. The number of furan rings is 1. The number of anilines is 1. The van der Waals surface area contributed by atoms with E-state index < -0.39 is 0 Å². The first-order valence-electron chi connectivity index (χ1n) is 7.33. The SMILES string of the molecule is CCc1ccc(C(N)c2ccc3c(c2)CCC(=O)N3C)o1. The van der Waals surface area contributed by atoms with Gasteiger partial charge in [0.2, 0.25) is 5.91 Å². The molecule has 4 nitrogen and oxygen atoms in total. The van der Waals surface area contributed by atoms with E-state index in [1.807, 2.05) is 31.3 Å². The van der Waals surface area contributed by atoms with Crippen molar-refractivity contribution in [3.05, 3.63) is 53.0 Å². The average Bonchev–Trinajstić information content (AvgIpc) is 2.99. The Morgan fingerprint density at radius 2 is 2.10 bits per heavy atom. The minimum Gasteiger partial charge on any atom is -0.464 e. The van der Waals surface area contributed by atoms with Crippen LogP contribution in [0.15, 0.2) is 34.7 Å². The topological polar surface area (TPSA) is 59.5 Å². The van der Waals surface area contributed by atoms with Crippen LogP contribution in [-0.2, 0) is 17.6 Å². The van der Waals surface area contributed by atoms with Gasteiger partial charge in [0.05, 0.1) is 6.04 Å². The summed E-state index contributed by atoms with van der Waals surface area (Å²) >= 11 is 0. The number of aryl methyl sites for hydroxylation is 2. The number of carbonyl (C=O) groups is 1. The number of rotatable bonds is 3. The van der Waals surface area contributed by atoms with Gasteiger partial charge in [0.15, 0.2) is 0 Å². The average molecular weight is 284 g/mol. The van der Waals surface area contributed by atoms with E-state index in [1.54, 1.807) is 4.90 Å². The first-order valence-corrected chi connectivity index (χ1v) is 7.33. The summed E-state index contributed by atoms with van der Waals surface area (Å²) in [6, 6.07) is 9.70. The summed E-state index contributed by atoms with van der Waals surface area (Å²) in [5, 5.41) is 0. The van der Waals surface area contributed by atoms with Gasteiger partial charge in [0.1, 0.15) is 11.5 Å². The number of benzene rings is 1. The number of hydrogen-bond donors (Lipinski definition) is 1. The minimum absolute atomic E-state index is 0.165. The summed E-state index contributed by atoms with van der Waals surface area (Å²) in [5.74, 6) is 1.90.